The van der Waals surface area contributed by atoms with Gasteiger partial charge >= 0.3 is 11.9 Å². The molecule has 5 rings (SSSR count). The molecule has 0 fully saturated rings. The fourth-order valence-corrected chi connectivity index (χ4v) is 4.06. The van der Waals surface area contributed by atoms with Crippen LogP contribution in [0.25, 0.3) is 5.70 Å². The summed E-state index contributed by atoms with van der Waals surface area (Å²) in [6.07, 6.45) is 0.139. The highest BCUT2D eigenvalue weighted by atomic mass is 16.7. The van der Waals surface area contributed by atoms with Crippen LogP contribution in [0.2, 0.25) is 0 Å². The number of hydrogen-bond donors (Lipinski definition) is 2. The van der Waals surface area contributed by atoms with Gasteiger partial charge in [-0.3, -0.25) is 24.4 Å². The summed E-state index contributed by atoms with van der Waals surface area (Å²) in [7, 11) is 1.50. The summed E-state index contributed by atoms with van der Waals surface area (Å²) < 4.78 is 5.20. The van der Waals surface area contributed by atoms with Gasteiger partial charge in [-0.1, -0.05) is 72.3 Å². The predicted molar refractivity (Wildman–Crippen MR) is 156 cm³/mol. The highest BCUT2D eigenvalue weighted by Gasteiger charge is 2.41. The van der Waals surface area contributed by atoms with E-state index in [0.717, 1.165) is 5.56 Å². The summed E-state index contributed by atoms with van der Waals surface area (Å²) in [5, 5.41) is 10.2. The molecule has 0 aromatic heterocycles. The molecule has 0 aliphatic carbocycles. The number of rotatable bonds is 7. The molecule has 0 saturated heterocycles. The molecule has 3 amide bonds. The third-order valence-electron chi connectivity index (χ3n) is 6.60. The Morgan fingerprint density at radius 2 is 1.26 bits per heavy atom. The highest BCUT2D eigenvalue weighted by Crippen LogP contribution is 2.30. The quantitative estimate of drug-likeness (QED) is 0.233. The van der Waals surface area contributed by atoms with Gasteiger partial charge in [-0.15, -0.1) is 0 Å². The number of nitrogens with zero attached hydrogens (tertiary/aromatic N) is 2. The van der Waals surface area contributed by atoms with Crippen molar-refractivity contribution in [2.45, 2.75) is 33.3 Å². The van der Waals surface area contributed by atoms with Gasteiger partial charge in [0.05, 0.1) is 27.8 Å². The van der Waals surface area contributed by atoms with Gasteiger partial charge in [-0.2, -0.15) is 5.06 Å². The molecule has 0 spiro atoms. The van der Waals surface area contributed by atoms with Crippen molar-refractivity contribution in [2.75, 3.05) is 7.05 Å². The second-order valence-electron chi connectivity index (χ2n) is 9.97. The largest absolute Gasteiger partial charge is 0.461 e. The molecule has 11 heteroatoms. The van der Waals surface area contributed by atoms with E-state index in [4.69, 9.17) is 9.57 Å². The highest BCUT2D eigenvalue weighted by molar-refractivity contribution is 6.21. The summed E-state index contributed by atoms with van der Waals surface area (Å²) in [6, 6.07) is 22.5. The number of nitrogens with two attached hydrogens (primary N) is 1. The number of imide groups is 1. The van der Waals surface area contributed by atoms with Crippen molar-refractivity contribution in [3.05, 3.63) is 113 Å². The van der Waals surface area contributed by atoms with Gasteiger partial charge in [0.15, 0.2) is 0 Å². The molecule has 11 nitrogen and oxygen atoms in total. The average molecular weight is 588 g/mol. The maximum Gasteiger partial charge on any atom is 0.338 e. The van der Waals surface area contributed by atoms with E-state index in [-0.39, 0.29) is 30.6 Å². The molecule has 3 N–H and O–H groups in total. The molecule has 2 aliphatic rings. The normalized spacial score (nSPS) is 13.3. The lowest BCUT2D eigenvalue weighted by atomic mass is 9.88. The number of hydrogen-bond acceptors (Lipinski definition) is 9. The fourth-order valence-electron chi connectivity index (χ4n) is 4.06. The number of carbonyl (C=O) groups is 5. The molecule has 0 atom stereocenters. The number of esters is 1. The summed E-state index contributed by atoms with van der Waals surface area (Å²) in [5.74, 6) is -3.00. The van der Waals surface area contributed by atoms with E-state index in [0.29, 0.717) is 27.0 Å². The first-order valence-electron chi connectivity index (χ1n) is 13.3. The lowest BCUT2D eigenvalue weighted by molar-refractivity contribution is -0.180. The van der Waals surface area contributed by atoms with Gasteiger partial charge < -0.3 is 15.3 Å². The zero-order valence-corrected chi connectivity index (χ0v) is 24.1. The first-order chi connectivity index (χ1) is 20.5. The van der Waals surface area contributed by atoms with Crippen LogP contribution >= 0.6 is 0 Å². The lowest BCUT2D eigenvalue weighted by Crippen LogP contribution is -2.38. The van der Waals surface area contributed by atoms with Crippen LogP contribution in [0.15, 0.2) is 85.4 Å². The maximum absolute atomic E-state index is 12.5. The van der Waals surface area contributed by atoms with Gasteiger partial charge in [0.1, 0.15) is 6.61 Å². The predicted octanol–water partition coefficient (Wildman–Crippen LogP) is 4.37. The van der Waals surface area contributed by atoms with Crippen LogP contribution in [0, 0.1) is 5.41 Å². The van der Waals surface area contributed by atoms with Crippen molar-refractivity contribution in [1.29, 1.82) is 0 Å². The average Bonchev–Trinajstić information content (AvgIpc) is 3.40. The SMILES string of the molecule is C=C1c2ccccc2C(=O)N1O.CC(C)(CCC(=O)OCc1ccccc1)C(=O)ON1C(=O)c2ccccc2C1=O.CN. The van der Waals surface area contributed by atoms with Gasteiger partial charge in [0.25, 0.3) is 17.7 Å². The van der Waals surface area contributed by atoms with E-state index in [9.17, 15) is 29.2 Å². The van der Waals surface area contributed by atoms with Crippen LogP contribution in [0.5, 0.6) is 0 Å². The molecule has 224 valence electrons. The van der Waals surface area contributed by atoms with Crippen LogP contribution in [-0.4, -0.2) is 52.0 Å². The number of fused-ring (bicyclic) bond motifs is 2. The van der Waals surface area contributed by atoms with E-state index in [1.165, 1.54) is 19.2 Å². The molecule has 0 unspecified atom stereocenters. The molecule has 0 bridgehead atoms. The molecule has 3 aromatic rings. The third-order valence-corrected chi connectivity index (χ3v) is 6.60. The lowest BCUT2D eigenvalue weighted by Gasteiger charge is -2.24. The smallest absolute Gasteiger partial charge is 0.338 e. The van der Waals surface area contributed by atoms with E-state index in [1.54, 1.807) is 50.2 Å². The number of carbonyl (C=O) groups excluding carboxylic acids is 5. The molecule has 0 radical (unpaired) electrons. The number of hydroxylamine groups is 4. The van der Waals surface area contributed by atoms with Gasteiger partial charge in [0, 0.05) is 12.0 Å². The number of benzene rings is 3. The Morgan fingerprint density at radius 3 is 1.77 bits per heavy atom. The van der Waals surface area contributed by atoms with E-state index in [2.05, 4.69) is 12.3 Å². The molecule has 0 saturated carbocycles. The van der Waals surface area contributed by atoms with Gasteiger partial charge in [0.2, 0.25) is 0 Å². The summed E-state index contributed by atoms with van der Waals surface area (Å²) in [6.45, 7) is 6.90. The fraction of sp³-hybridized carbons (Fsp3) is 0.219. The van der Waals surface area contributed by atoms with Crippen LogP contribution in [0.4, 0.5) is 0 Å². The van der Waals surface area contributed by atoms with Crippen molar-refractivity contribution in [2.24, 2.45) is 11.1 Å². The van der Waals surface area contributed by atoms with Crippen LogP contribution in [0.3, 0.4) is 0 Å². The summed E-state index contributed by atoms with van der Waals surface area (Å²) in [5.41, 5.74) is 6.19. The first kappa shape index (κ1) is 32.4. The van der Waals surface area contributed by atoms with E-state index >= 15 is 0 Å². The minimum absolute atomic E-state index is 0.00292. The van der Waals surface area contributed by atoms with Crippen molar-refractivity contribution in [3.63, 3.8) is 0 Å². The zero-order chi connectivity index (χ0) is 31.7. The molecular formula is C32H33N3O8. The molecule has 2 aliphatic heterocycles. The van der Waals surface area contributed by atoms with Crippen molar-refractivity contribution in [3.8, 4) is 0 Å². The van der Waals surface area contributed by atoms with E-state index in [1.807, 2.05) is 30.3 Å². The standard InChI is InChI=1S/C22H21NO6.C9H7NO2.CH5N/c1-22(2,13-12-18(24)28-14-15-8-4-3-5-9-15)21(27)29-23-19(25)16-10-6-7-11-17(16)20(23)26;1-6-7-4-2-3-5-8(7)9(11)10(6)12;1-2/h3-11H,12-14H2,1-2H3;2-5,12H,1H2;2H2,1H3. The Hall–Kier alpha value is -5.13. The summed E-state index contributed by atoms with van der Waals surface area (Å²) >= 11 is 0. The Kier molecular flexibility index (Phi) is 10.7. The monoisotopic (exact) mass is 587 g/mol. The molecular weight excluding hydrogens is 554 g/mol. The molecule has 2 heterocycles. The molecule has 43 heavy (non-hydrogen) atoms. The zero-order valence-electron chi connectivity index (χ0n) is 24.1. The van der Waals surface area contributed by atoms with Crippen molar-refractivity contribution < 1.29 is 38.8 Å². The van der Waals surface area contributed by atoms with Crippen LogP contribution in [0.1, 0.15) is 68.9 Å². The Balaban J connectivity index is 0.000000299. The minimum Gasteiger partial charge on any atom is -0.461 e. The first-order valence-corrected chi connectivity index (χ1v) is 13.3. The van der Waals surface area contributed by atoms with Crippen LogP contribution < -0.4 is 5.73 Å². The molecule has 3 aromatic carbocycles. The Morgan fingerprint density at radius 1 is 0.791 bits per heavy atom. The second kappa shape index (κ2) is 14.2. The van der Waals surface area contributed by atoms with Crippen molar-refractivity contribution >= 4 is 35.4 Å². The number of ether oxygens (including phenoxy) is 1. The number of amides is 3. The van der Waals surface area contributed by atoms with Crippen molar-refractivity contribution in [1.82, 2.24) is 10.1 Å². The topological polar surface area (TPSA) is 157 Å². The Labute approximate surface area is 249 Å². The van der Waals surface area contributed by atoms with Gasteiger partial charge in [-0.25, -0.2) is 4.79 Å². The third kappa shape index (κ3) is 7.39. The summed E-state index contributed by atoms with van der Waals surface area (Å²) in [4.78, 5) is 65.5. The maximum atomic E-state index is 12.5. The van der Waals surface area contributed by atoms with Gasteiger partial charge in [-0.05, 0) is 51.1 Å². The Bertz CT molecular complexity index is 1460. The van der Waals surface area contributed by atoms with E-state index < -0.39 is 35.1 Å². The minimum atomic E-state index is -1.10. The second-order valence-corrected chi connectivity index (χ2v) is 9.97. The van der Waals surface area contributed by atoms with Crippen LogP contribution in [-0.2, 0) is 25.8 Å².